The second-order valence-electron chi connectivity index (χ2n) is 9.75. The van der Waals surface area contributed by atoms with Crippen LogP contribution in [0.1, 0.15) is 49.3 Å². The Bertz CT molecular complexity index is 1380. The molecule has 2 aliphatic heterocycles. The smallest absolute Gasteiger partial charge is 0.150 e. The molecule has 6 rings (SSSR count). The number of fused-ring (bicyclic) bond motifs is 5. The molecule has 36 heavy (non-hydrogen) atoms. The zero-order valence-corrected chi connectivity index (χ0v) is 20.2. The SMILES string of the molecule is Oc1ccc2c3c(ccc2c1)-c1c(F)cccc1OC3c1ccc(OCCC2CCCCCN2)cc1. The standard InChI is InChI=1S/C31H30FNO3/c32-27-6-4-7-28-30(27)26-14-10-21-19-23(34)11-15-25(21)29(26)31(36-28)20-8-12-24(13-9-20)35-18-16-22-5-2-1-3-17-33-22/h4,6-15,19,22,31,33-34H,1-3,5,16-18H2. The normalized spacial score (nSPS) is 19.1. The molecule has 2 atom stereocenters. The largest absolute Gasteiger partial charge is 0.508 e. The van der Waals surface area contributed by atoms with Crippen LogP contribution in [0.3, 0.4) is 0 Å². The molecule has 0 aliphatic carbocycles. The Morgan fingerprint density at radius 3 is 2.75 bits per heavy atom. The van der Waals surface area contributed by atoms with Gasteiger partial charge in [-0.15, -0.1) is 0 Å². The Labute approximate surface area is 210 Å². The summed E-state index contributed by atoms with van der Waals surface area (Å²) in [6.07, 6.45) is 5.67. The quantitative estimate of drug-likeness (QED) is 0.317. The molecule has 4 aromatic rings. The van der Waals surface area contributed by atoms with E-state index in [1.54, 1.807) is 18.2 Å². The third kappa shape index (κ3) is 4.40. The van der Waals surface area contributed by atoms with Gasteiger partial charge >= 0.3 is 0 Å². The van der Waals surface area contributed by atoms with Gasteiger partial charge in [-0.25, -0.2) is 4.39 Å². The summed E-state index contributed by atoms with van der Waals surface area (Å²) in [4.78, 5) is 0. The van der Waals surface area contributed by atoms with Gasteiger partial charge in [0.15, 0.2) is 6.10 Å². The van der Waals surface area contributed by atoms with E-state index in [9.17, 15) is 9.50 Å². The molecule has 2 aliphatic rings. The zero-order chi connectivity index (χ0) is 24.5. The third-order valence-corrected chi connectivity index (χ3v) is 7.38. The molecule has 2 N–H and O–H groups in total. The average Bonchev–Trinajstić information content (AvgIpc) is 3.17. The summed E-state index contributed by atoms with van der Waals surface area (Å²) >= 11 is 0. The van der Waals surface area contributed by atoms with E-state index in [1.807, 2.05) is 48.5 Å². The molecule has 4 nitrogen and oxygen atoms in total. The van der Waals surface area contributed by atoms with Gasteiger partial charge in [-0.05, 0) is 84.1 Å². The lowest BCUT2D eigenvalue weighted by molar-refractivity contribution is 0.243. The minimum Gasteiger partial charge on any atom is -0.508 e. The van der Waals surface area contributed by atoms with Crippen molar-refractivity contribution in [2.75, 3.05) is 13.2 Å². The molecule has 5 heteroatoms. The Morgan fingerprint density at radius 2 is 1.86 bits per heavy atom. The van der Waals surface area contributed by atoms with Crippen molar-refractivity contribution >= 4 is 10.8 Å². The molecule has 2 unspecified atom stereocenters. The highest BCUT2D eigenvalue weighted by Crippen LogP contribution is 2.48. The zero-order valence-electron chi connectivity index (χ0n) is 20.2. The summed E-state index contributed by atoms with van der Waals surface area (Å²) in [5.41, 5.74) is 3.15. The molecular formula is C31H30FNO3. The van der Waals surface area contributed by atoms with E-state index in [0.29, 0.717) is 24.0 Å². The maximum atomic E-state index is 14.9. The third-order valence-electron chi connectivity index (χ3n) is 7.38. The van der Waals surface area contributed by atoms with Crippen molar-refractivity contribution in [3.63, 3.8) is 0 Å². The van der Waals surface area contributed by atoms with Gasteiger partial charge in [0.1, 0.15) is 23.1 Å². The van der Waals surface area contributed by atoms with Crippen molar-refractivity contribution in [2.24, 2.45) is 0 Å². The lowest BCUT2D eigenvalue weighted by Gasteiger charge is -2.30. The monoisotopic (exact) mass is 483 g/mol. The number of phenolic OH excluding ortho intramolecular Hbond substituents is 1. The lowest BCUT2D eigenvalue weighted by Crippen LogP contribution is -2.29. The second kappa shape index (κ2) is 9.82. The van der Waals surface area contributed by atoms with E-state index in [4.69, 9.17) is 9.47 Å². The maximum absolute atomic E-state index is 14.9. The van der Waals surface area contributed by atoms with E-state index >= 15 is 0 Å². The van der Waals surface area contributed by atoms with Crippen LogP contribution in [0.15, 0.2) is 72.8 Å². The predicted octanol–water partition coefficient (Wildman–Crippen LogP) is 7.13. The van der Waals surface area contributed by atoms with Crippen molar-refractivity contribution < 1.29 is 19.0 Å². The van der Waals surface area contributed by atoms with Gasteiger partial charge in [-0.3, -0.25) is 0 Å². The number of aromatic hydroxyl groups is 1. The fourth-order valence-electron chi connectivity index (χ4n) is 5.53. The highest BCUT2D eigenvalue weighted by Gasteiger charge is 2.31. The summed E-state index contributed by atoms with van der Waals surface area (Å²) in [5.74, 6) is 1.25. The van der Waals surface area contributed by atoms with Crippen molar-refractivity contribution in [1.82, 2.24) is 5.32 Å². The fourth-order valence-corrected chi connectivity index (χ4v) is 5.53. The number of nitrogens with one attached hydrogen (secondary N) is 1. The molecule has 0 aromatic heterocycles. The molecule has 0 saturated carbocycles. The Hall–Kier alpha value is -3.57. The highest BCUT2D eigenvalue weighted by atomic mass is 19.1. The maximum Gasteiger partial charge on any atom is 0.150 e. The van der Waals surface area contributed by atoms with Crippen molar-refractivity contribution in [3.8, 4) is 28.4 Å². The summed E-state index contributed by atoms with van der Waals surface area (Å²) in [5, 5.41) is 15.4. The van der Waals surface area contributed by atoms with Crippen molar-refractivity contribution in [1.29, 1.82) is 0 Å². The van der Waals surface area contributed by atoms with E-state index in [0.717, 1.165) is 46.2 Å². The first-order valence-corrected chi connectivity index (χ1v) is 12.8. The molecule has 1 fully saturated rings. The van der Waals surface area contributed by atoms with Crippen LogP contribution in [0.2, 0.25) is 0 Å². The molecule has 4 aromatic carbocycles. The Kier molecular flexibility index (Phi) is 6.24. The Morgan fingerprint density at radius 1 is 0.972 bits per heavy atom. The number of phenols is 1. The second-order valence-corrected chi connectivity index (χ2v) is 9.75. The van der Waals surface area contributed by atoms with Crippen LogP contribution >= 0.6 is 0 Å². The molecule has 0 radical (unpaired) electrons. The van der Waals surface area contributed by atoms with Gasteiger partial charge in [-0.2, -0.15) is 0 Å². The van der Waals surface area contributed by atoms with Gasteiger partial charge < -0.3 is 19.9 Å². The molecule has 0 bridgehead atoms. The minimum atomic E-state index is -0.410. The van der Waals surface area contributed by atoms with Crippen molar-refractivity contribution in [2.45, 2.75) is 44.2 Å². The van der Waals surface area contributed by atoms with Gasteiger partial charge in [0.05, 0.1) is 12.2 Å². The first kappa shape index (κ1) is 22.9. The first-order chi connectivity index (χ1) is 17.7. The molecule has 0 amide bonds. The van der Waals surface area contributed by atoms with Crippen LogP contribution in [0, 0.1) is 5.82 Å². The molecule has 184 valence electrons. The number of rotatable bonds is 5. The van der Waals surface area contributed by atoms with Gasteiger partial charge in [0, 0.05) is 11.6 Å². The predicted molar refractivity (Wildman–Crippen MR) is 140 cm³/mol. The van der Waals surface area contributed by atoms with Crippen LogP contribution < -0.4 is 14.8 Å². The topological polar surface area (TPSA) is 50.7 Å². The van der Waals surface area contributed by atoms with Crippen molar-refractivity contribution in [3.05, 3.63) is 89.7 Å². The minimum absolute atomic E-state index is 0.197. The van der Waals surface area contributed by atoms with Crippen LogP contribution in [0.5, 0.6) is 17.2 Å². The number of hydrogen-bond acceptors (Lipinski definition) is 4. The summed E-state index contributed by atoms with van der Waals surface area (Å²) in [6.45, 7) is 1.78. The average molecular weight is 484 g/mol. The van der Waals surface area contributed by atoms with Gasteiger partial charge in [0.2, 0.25) is 0 Å². The highest BCUT2D eigenvalue weighted by molar-refractivity contribution is 5.95. The van der Waals surface area contributed by atoms with Gasteiger partial charge in [-0.1, -0.05) is 49.2 Å². The van der Waals surface area contributed by atoms with E-state index < -0.39 is 6.10 Å². The molecule has 2 heterocycles. The number of ether oxygens (including phenoxy) is 2. The summed E-state index contributed by atoms with van der Waals surface area (Å²) in [7, 11) is 0. The van der Waals surface area contributed by atoms with E-state index in [-0.39, 0.29) is 11.6 Å². The van der Waals surface area contributed by atoms with E-state index in [1.165, 1.54) is 31.7 Å². The fraction of sp³-hybridized carbons (Fsp3) is 0.290. The summed E-state index contributed by atoms with van der Waals surface area (Å²) < 4.78 is 27.4. The number of halogens is 1. The molecular weight excluding hydrogens is 453 g/mol. The van der Waals surface area contributed by atoms with Crippen LogP contribution in [0.25, 0.3) is 21.9 Å². The molecule has 1 saturated heterocycles. The summed E-state index contributed by atoms with van der Waals surface area (Å²) in [6, 6.07) is 22.6. The lowest BCUT2D eigenvalue weighted by atomic mass is 9.85. The van der Waals surface area contributed by atoms with Gasteiger partial charge in [0.25, 0.3) is 0 Å². The van der Waals surface area contributed by atoms with Crippen LogP contribution in [-0.4, -0.2) is 24.3 Å². The van der Waals surface area contributed by atoms with E-state index in [2.05, 4.69) is 5.32 Å². The number of hydrogen-bond donors (Lipinski definition) is 2. The van der Waals surface area contributed by atoms with Crippen LogP contribution in [-0.2, 0) is 0 Å². The van der Waals surface area contributed by atoms with Crippen LogP contribution in [0.4, 0.5) is 4.39 Å². The Balaban J connectivity index is 1.29. The number of benzene rings is 4. The first-order valence-electron chi connectivity index (χ1n) is 12.8. The molecule has 0 spiro atoms.